The number of nitrogens with one attached hydrogen (secondary N) is 1. The SMILES string of the molecule is Cc1ccccc1C(=O)N1CCS/C1=C/c1csc(Nc2ccc(F)cc2)n1. The molecule has 2 aromatic carbocycles. The second-order valence-electron chi connectivity index (χ2n) is 6.31. The number of carbonyl (C=O) groups is 1. The van der Waals surface area contributed by atoms with E-state index >= 15 is 0 Å². The first-order valence-corrected chi connectivity index (χ1v) is 10.7. The molecular weight excluding hydrogens is 393 g/mol. The van der Waals surface area contributed by atoms with E-state index in [0.717, 1.165) is 38.4 Å². The highest BCUT2D eigenvalue weighted by Crippen LogP contribution is 2.32. The molecule has 142 valence electrons. The first kappa shape index (κ1) is 18.7. The van der Waals surface area contributed by atoms with E-state index in [1.165, 1.54) is 23.5 Å². The zero-order valence-corrected chi connectivity index (χ0v) is 16.8. The Labute approximate surface area is 171 Å². The molecule has 1 aliphatic rings. The Morgan fingerprint density at radius 3 is 2.79 bits per heavy atom. The number of aryl methyl sites for hydroxylation is 1. The third kappa shape index (κ3) is 4.10. The molecule has 4 nitrogen and oxygen atoms in total. The maximum Gasteiger partial charge on any atom is 0.258 e. The summed E-state index contributed by atoms with van der Waals surface area (Å²) in [6.45, 7) is 2.64. The van der Waals surface area contributed by atoms with E-state index in [2.05, 4.69) is 10.3 Å². The van der Waals surface area contributed by atoms with Crippen LogP contribution in [-0.4, -0.2) is 28.1 Å². The molecule has 0 saturated carbocycles. The molecule has 0 spiro atoms. The van der Waals surface area contributed by atoms with Gasteiger partial charge in [-0.15, -0.1) is 23.1 Å². The van der Waals surface area contributed by atoms with Crippen molar-refractivity contribution >= 4 is 45.9 Å². The van der Waals surface area contributed by atoms with Gasteiger partial charge in [-0.05, 0) is 48.9 Å². The monoisotopic (exact) mass is 411 g/mol. The van der Waals surface area contributed by atoms with Crippen molar-refractivity contribution in [1.29, 1.82) is 0 Å². The lowest BCUT2D eigenvalue weighted by molar-refractivity contribution is 0.0830. The highest BCUT2D eigenvalue weighted by Gasteiger charge is 2.26. The molecule has 0 unspecified atom stereocenters. The van der Waals surface area contributed by atoms with E-state index in [-0.39, 0.29) is 11.7 Å². The van der Waals surface area contributed by atoms with Gasteiger partial charge in [-0.2, -0.15) is 0 Å². The minimum Gasteiger partial charge on any atom is -0.332 e. The fourth-order valence-electron chi connectivity index (χ4n) is 2.90. The van der Waals surface area contributed by atoms with Gasteiger partial charge < -0.3 is 10.2 Å². The Morgan fingerprint density at radius 2 is 2.00 bits per heavy atom. The molecule has 0 atom stereocenters. The molecule has 7 heteroatoms. The molecule has 4 rings (SSSR count). The predicted molar refractivity (Wildman–Crippen MR) is 114 cm³/mol. The topological polar surface area (TPSA) is 45.2 Å². The number of anilines is 2. The number of thiazole rings is 1. The van der Waals surface area contributed by atoms with Crippen molar-refractivity contribution in [2.24, 2.45) is 0 Å². The molecule has 2 heterocycles. The molecule has 1 fully saturated rings. The van der Waals surface area contributed by atoms with Gasteiger partial charge in [0.15, 0.2) is 5.13 Å². The van der Waals surface area contributed by atoms with Crippen molar-refractivity contribution < 1.29 is 9.18 Å². The molecule has 1 N–H and O–H groups in total. The van der Waals surface area contributed by atoms with Crippen LogP contribution in [0.15, 0.2) is 58.9 Å². The van der Waals surface area contributed by atoms with Crippen LogP contribution in [0.2, 0.25) is 0 Å². The molecule has 3 aromatic rings. The van der Waals surface area contributed by atoms with E-state index in [4.69, 9.17) is 0 Å². The molecule has 0 radical (unpaired) electrons. The van der Waals surface area contributed by atoms with Crippen LogP contribution in [0.5, 0.6) is 0 Å². The first-order valence-electron chi connectivity index (χ1n) is 8.80. The summed E-state index contributed by atoms with van der Waals surface area (Å²) in [5.74, 6) is 0.620. The summed E-state index contributed by atoms with van der Waals surface area (Å²) in [7, 11) is 0. The number of thioether (sulfide) groups is 1. The van der Waals surface area contributed by atoms with E-state index in [0.29, 0.717) is 6.54 Å². The van der Waals surface area contributed by atoms with Crippen molar-refractivity contribution in [2.75, 3.05) is 17.6 Å². The van der Waals surface area contributed by atoms with E-state index in [1.54, 1.807) is 23.9 Å². The fourth-order valence-corrected chi connectivity index (χ4v) is 4.61. The lowest BCUT2D eigenvalue weighted by Gasteiger charge is -2.18. The number of amides is 1. The number of carbonyl (C=O) groups excluding carboxylic acids is 1. The maximum atomic E-state index is 13.0. The lowest BCUT2D eigenvalue weighted by Crippen LogP contribution is -2.27. The number of halogens is 1. The van der Waals surface area contributed by atoms with Gasteiger partial charge in [0, 0.05) is 28.9 Å². The van der Waals surface area contributed by atoms with Crippen molar-refractivity contribution in [3.63, 3.8) is 0 Å². The Balaban J connectivity index is 1.52. The molecular formula is C21H18FN3OS2. The molecule has 28 heavy (non-hydrogen) atoms. The third-order valence-corrected chi connectivity index (χ3v) is 6.14. The Morgan fingerprint density at radius 1 is 1.21 bits per heavy atom. The van der Waals surface area contributed by atoms with Gasteiger partial charge in [-0.25, -0.2) is 9.37 Å². The average molecular weight is 412 g/mol. The Hall–Kier alpha value is -2.64. The quantitative estimate of drug-likeness (QED) is 0.614. The molecule has 1 amide bonds. The summed E-state index contributed by atoms with van der Waals surface area (Å²) < 4.78 is 13.0. The van der Waals surface area contributed by atoms with Gasteiger partial charge in [-0.1, -0.05) is 18.2 Å². The minimum atomic E-state index is -0.271. The standard InChI is InChI=1S/C21H18FN3OS2/c1-14-4-2-3-5-18(14)20(26)25-10-11-27-19(25)12-17-13-28-21(24-17)23-16-8-6-15(22)7-9-16/h2-9,12-13H,10-11H2,1H3,(H,23,24)/b19-12+. The summed E-state index contributed by atoms with van der Waals surface area (Å²) in [4.78, 5) is 19.3. The summed E-state index contributed by atoms with van der Waals surface area (Å²) in [6.07, 6.45) is 1.94. The van der Waals surface area contributed by atoms with Gasteiger partial charge in [0.05, 0.1) is 10.7 Å². The molecule has 1 saturated heterocycles. The molecule has 0 bridgehead atoms. The third-order valence-electron chi connectivity index (χ3n) is 4.34. The van der Waals surface area contributed by atoms with Gasteiger partial charge >= 0.3 is 0 Å². The van der Waals surface area contributed by atoms with Crippen LogP contribution in [-0.2, 0) is 0 Å². The Kier molecular flexibility index (Phi) is 5.45. The number of nitrogens with zero attached hydrogens (tertiary/aromatic N) is 2. The van der Waals surface area contributed by atoms with Gasteiger partial charge in [0.2, 0.25) is 0 Å². The zero-order valence-electron chi connectivity index (χ0n) is 15.2. The van der Waals surface area contributed by atoms with Crippen molar-refractivity contribution in [2.45, 2.75) is 6.92 Å². The summed E-state index contributed by atoms with van der Waals surface area (Å²) in [5, 5.41) is 6.74. The van der Waals surface area contributed by atoms with Gasteiger partial charge in [0.1, 0.15) is 5.82 Å². The minimum absolute atomic E-state index is 0.0224. The van der Waals surface area contributed by atoms with E-state index < -0.39 is 0 Å². The number of benzene rings is 2. The van der Waals surface area contributed by atoms with Crippen molar-refractivity contribution in [3.8, 4) is 0 Å². The fraction of sp³-hybridized carbons (Fsp3) is 0.143. The van der Waals surface area contributed by atoms with Crippen molar-refractivity contribution in [3.05, 3.63) is 81.6 Å². The Bertz CT molecular complexity index is 1030. The summed E-state index contributed by atoms with van der Waals surface area (Å²) in [6, 6.07) is 13.8. The predicted octanol–water partition coefficient (Wildman–Crippen LogP) is 5.52. The number of aromatic nitrogens is 1. The second-order valence-corrected chi connectivity index (χ2v) is 8.29. The van der Waals surface area contributed by atoms with Gasteiger partial charge in [-0.3, -0.25) is 4.79 Å². The second kappa shape index (κ2) is 8.16. The highest BCUT2D eigenvalue weighted by atomic mass is 32.2. The van der Waals surface area contributed by atoms with Crippen LogP contribution in [0.25, 0.3) is 6.08 Å². The number of hydrogen-bond donors (Lipinski definition) is 1. The first-order chi connectivity index (χ1) is 13.6. The van der Waals surface area contributed by atoms with Crippen LogP contribution in [0.3, 0.4) is 0 Å². The van der Waals surface area contributed by atoms with Crippen molar-refractivity contribution in [1.82, 2.24) is 9.88 Å². The lowest BCUT2D eigenvalue weighted by atomic mass is 10.1. The molecule has 1 aliphatic heterocycles. The average Bonchev–Trinajstić information content (AvgIpc) is 3.33. The van der Waals surface area contributed by atoms with Crippen LogP contribution < -0.4 is 5.32 Å². The summed E-state index contributed by atoms with van der Waals surface area (Å²) >= 11 is 3.12. The number of hydrogen-bond acceptors (Lipinski definition) is 5. The maximum absolute atomic E-state index is 13.0. The summed E-state index contributed by atoms with van der Waals surface area (Å²) in [5.41, 5.74) is 3.28. The van der Waals surface area contributed by atoms with E-state index in [1.807, 2.05) is 47.5 Å². The van der Waals surface area contributed by atoms with E-state index in [9.17, 15) is 9.18 Å². The van der Waals surface area contributed by atoms with Gasteiger partial charge in [0.25, 0.3) is 5.91 Å². The van der Waals surface area contributed by atoms with Crippen LogP contribution in [0.4, 0.5) is 15.2 Å². The smallest absolute Gasteiger partial charge is 0.258 e. The van der Waals surface area contributed by atoms with Crippen LogP contribution in [0.1, 0.15) is 21.6 Å². The zero-order chi connectivity index (χ0) is 19.5. The number of rotatable bonds is 4. The molecule has 0 aliphatic carbocycles. The normalized spacial score (nSPS) is 15.2. The highest BCUT2D eigenvalue weighted by molar-refractivity contribution is 8.03. The van der Waals surface area contributed by atoms with Crippen LogP contribution in [0, 0.1) is 12.7 Å². The molecule has 1 aromatic heterocycles. The largest absolute Gasteiger partial charge is 0.332 e. The van der Waals surface area contributed by atoms with Crippen LogP contribution >= 0.6 is 23.1 Å².